The van der Waals surface area contributed by atoms with E-state index in [0.717, 1.165) is 24.5 Å². The molecule has 0 spiro atoms. The molecule has 2 aromatic rings. The van der Waals surface area contributed by atoms with Crippen molar-refractivity contribution < 1.29 is 9.00 Å². The van der Waals surface area contributed by atoms with Crippen molar-refractivity contribution in [3.05, 3.63) is 65.2 Å². The lowest BCUT2D eigenvalue weighted by atomic mass is 10.2. The van der Waals surface area contributed by atoms with Crippen LogP contribution in [0.3, 0.4) is 0 Å². The third kappa shape index (κ3) is 4.91. The van der Waals surface area contributed by atoms with Gasteiger partial charge in [-0.15, -0.1) is 0 Å². The minimum atomic E-state index is -0.969. The summed E-state index contributed by atoms with van der Waals surface area (Å²) in [5.41, 5.74) is 0.669. The lowest BCUT2D eigenvalue weighted by Crippen LogP contribution is -2.49. The van der Waals surface area contributed by atoms with Crippen molar-refractivity contribution in [2.24, 2.45) is 0 Å². The van der Waals surface area contributed by atoms with Crippen molar-refractivity contribution in [1.82, 2.24) is 9.80 Å². The van der Waals surface area contributed by atoms with Crippen molar-refractivity contribution in [3.63, 3.8) is 0 Å². The maximum Gasteiger partial charge on any atom is 0.253 e. The molecule has 1 atom stereocenters. The SMILES string of the molecule is O=C(c1ccc(Cl)cc1)N1CCN(CCS(=O)c2ccccc2)CC1. The van der Waals surface area contributed by atoms with E-state index in [9.17, 15) is 9.00 Å². The third-order valence-corrected chi connectivity index (χ3v) is 5.95. The molecule has 3 rings (SSSR count). The fourth-order valence-electron chi connectivity index (χ4n) is 2.85. The van der Waals surface area contributed by atoms with Crippen LogP contribution in [0.4, 0.5) is 0 Å². The van der Waals surface area contributed by atoms with Crippen molar-refractivity contribution in [2.45, 2.75) is 4.90 Å². The molecule has 1 amide bonds. The first kappa shape index (κ1) is 18.1. The summed E-state index contributed by atoms with van der Waals surface area (Å²) in [6.07, 6.45) is 0. The van der Waals surface area contributed by atoms with Gasteiger partial charge < -0.3 is 4.90 Å². The summed E-state index contributed by atoms with van der Waals surface area (Å²) in [5.74, 6) is 0.666. The molecule has 1 saturated heterocycles. The topological polar surface area (TPSA) is 40.6 Å². The fraction of sp³-hybridized carbons (Fsp3) is 0.316. The van der Waals surface area contributed by atoms with Crippen LogP contribution in [-0.4, -0.2) is 58.4 Å². The molecule has 2 aromatic carbocycles. The zero-order chi connectivity index (χ0) is 17.6. The monoisotopic (exact) mass is 376 g/mol. The van der Waals surface area contributed by atoms with Crippen LogP contribution in [0.15, 0.2) is 59.5 Å². The highest BCUT2D eigenvalue weighted by Gasteiger charge is 2.22. The number of nitrogens with zero attached hydrogens (tertiary/aromatic N) is 2. The second-order valence-corrected chi connectivity index (χ2v) is 8.01. The number of carbonyl (C=O) groups excluding carboxylic acids is 1. The molecular formula is C19H21ClN2O2S. The van der Waals surface area contributed by atoms with Gasteiger partial charge in [0.1, 0.15) is 0 Å². The van der Waals surface area contributed by atoms with Gasteiger partial charge in [0.15, 0.2) is 0 Å². The van der Waals surface area contributed by atoms with Crippen LogP contribution in [0.25, 0.3) is 0 Å². The summed E-state index contributed by atoms with van der Waals surface area (Å²) in [7, 11) is -0.969. The highest BCUT2D eigenvalue weighted by atomic mass is 35.5. The number of rotatable bonds is 5. The number of halogens is 1. The summed E-state index contributed by atoms with van der Waals surface area (Å²) in [6, 6.07) is 16.6. The van der Waals surface area contributed by atoms with Gasteiger partial charge in [-0.2, -0.15) is 0 Å². The first-order valence-corrected chi connectivity index (χ1v) is 10.0. The standard InChI is InChI=1S/C19H21ClN2O2S/c20-17-8-6-16(7-9-17)19(23)22-12-10-21(11-13-22)14-15-25(24)18-4-2-1-3-5-18/h1-9H,10-15H2. The first-order chi connectivity index (χ1) is 12.1. The number of amides is 1. The minimum Gasteiger partial charge on any atom is -0.336 e. The van der Waals surface area contributed by atoms with E-state index in [2.05, 4.69) is 4.90 Å². The van der Waals surface area contributed by atoms with Crippen LogP contribution in [0.5, 0.6) is 0 Å². The molecule has 0 saturated carbocycles. The van der Waals surface area contributed by atoms with Gasteiger partial charge in [-0.3, -0.25) is 13.9 Å². The fourth-order valence-corrected chi connectivity index (χ4v) is 4.10. The van der Waals surface area contributed by atoms with Gasteiger partial charge in [-0.25, -0.2) is 0 Å². The largest absolute Gasteiger partial charge is 0.336 e. The molecule has 0 bridgehead atoms. The Morgan fingerprint density at radius 1 is 0.960 bits per heavy atom. The van der Waals surface area contributed by atoms with Crippen LogP contribution < -0.4 is 0 Å². The molecule has 132 valence electrons. The molecule has 4 nitrogen and oxygen atoms in total. The Morgan fingerprint density at radius 2 is 1.60 bits per heavy atom. The molecule has 0 aromatic heterocycles. The quantitative estimate of drug-likeness (QED) is 0.805. The molecule has 0 radical (unpaired) electrons. The summed E-state index contributed by atoms with van der Waals surface area (Å²) in [5, 5.41) is 0.632. The van der Waals surface area contributed by atoms with E-state index in [1.807, 2.05) is 35.2 Å². The van der Waals surface area contributed by atoms with Crippen molar-refractivity contribution >= 4 is 28.3 Å². The molecule has 1 fully saturated rings. The van der Waals surface area contributed by atoms with Crippen LogP contribution in [0, 0.1) is 0 Å². The molecule has 0 N–H and O–H groups in total. The van der Waals surface area contributed by atoms with Gasteiger partial charge in [0.2, 0.25) is 0 Å². The van der Waals surface area contributed by atoms with Crippen LogP contribution in [0.1, 0.15) is 10.4 Å². The summed E-state index contributed by atoms with van der Waals surface area (Å²) in [6.45, 7) is 3.79. The maximum atomic E-state index is 12.5. The second-order valence-electron chi connectivity index (χ2n) is 6.00. The molecule has 1 heterocycles. The van der Waals surface area contributed by atoms with Crippen molar-refractivity contribution in [3.8, 4) is 0 Å². The average molecular weight is 377 g/mol. The number of benzene rings is 2. The summed E-state index contributed by atoms with van der Waals surface area (Å²) >= 11 is 5.87. The Bertz CT molecular complexity index is 729. The van der Waals surface area contributed by atoms with Gasteiger partial charge >= 0.3 is 0 Å². The van der Waals surface area contributed by atoms with Crippen molar-refractivity contribution in [1.29, 1.82) is 0 Å². The Balaban J connectivity index is 1.46. The Kier molecular flexibility index (Phi) is 6.24. The zero-order valence-corrected chi connectivity index (χ0v) is 15.5. The maximum absolute atomic E-state index is 12.5. The van der Waals surface area contributed by atoms with E-state index in [1.54, 1.807) is 24.3 Å². The number of carbonyl (C=O) groups is 1. The molecule has 1 aliphatic rings. The smallest absolute Gasteiger partial charge is 0.253 e. The molecule has 0 aliphatic carbocycles. The number of hydrogen-bond donors (Lipinski definition) is 0. The summed E-state index contributed by atoms with van der Waals surface area (Å²) in [4.78, 5) is 17.5. The van der Waals surface area contributed by atoms with Gasteiger partial charge in [-0.1, -0.05) is 29.8 Å². The van der Waals surface area contributed by atoms with E-state index in [4.69, 9.17) is 11.6 Å². The first-order valence-electron chi connectivity index (χ1n) is 8.34. The van der Waals surface area contributed by atoms with Crippen molar-refractivity contribution in [2.75, 3.05) is 38.5 Å². The van der Waals surface area contributed by atoms with Gasteiger partial charge in [-0.05, 0) is 36.4 Å². The van der Waals surface area contributed by atoms with Gasteiger partial charge in [0.05, 0.1) is 10.8 Å². The van der Waals surface area contributed by atoms with E-state index >= 15 is 0 Å². The van der Waals surface area contributed by atoms with Crippen LogP contribution in [0.2, 0.25) is 5.02 Å². The van der Waals surface area contributed by atoms with E-state index < -0.39 is 10.8 Å². The second kappa shape index (κ2) is 8.61. The normalized spacial score (nSPS) is 16.6. The van der Waals surface area contributed by atoms with E-state index in [1.165, 1.54) is 0 Å². The molecule has 25 heavy (non-hydrogen) atoms. The lowest BCUT2D eigenvalue weighted by molar-refractivity contribution is 0.0644. The highest BCUT2D eigenvalue weighted by Crippen LogP contribution is 2.13. The third-order valence-electron chi connectivity index (χ3n) is 4.35. The number of piperazine rings is 1. The molecule has 6 heteroatoms. The zero-order valence-electron chi connectivity index (χ0n) is 13.9. The molecule has 1 unspecified atom stereocenters. The molecular weight excluding hydrogens is 356 g/mol. The van der Waals surface area contributed by atoms with Gasteiger partial charge in [0, 0.05) is 54.0 Å². The Labute approximate surface area is 155 Å². The number of hydrogen-bond acceptors (Lipinski definition) is 3. The summed E-state index contributed by atoms with van der Waals surface area (Å²) < 4.78 is 12.3. The van der Waals surface area contributed by atoms with Gasteiger partial charge in [0.25, 0.3) is 5.91 Å². The molecule has 1 aliphatic heterocycles. The van der Waals surface area contributed by atoms with Crippen LogP contribution in [-0.2, 0) is 10.8 Å². The lowest BCUT2D eigenvalue weighted by Gasteiger charge is -2.34. The predicted octanol–water partition coefficient (Wildman–Crippen LogP) is 2.91. The Hall–Kier alpha value is -1.69. The minimum absolute atomic E-state index is 0.0455. The van der Waals surface area contributed by atoms with E-state index in [-0.39, 0.29) is 5.91 Å². The highest BCUT2D eigenvalue weighted by molar-refractivity contribution is 7.85. The predicted molar refractivity (Wildman–Crippen MR) is 102 cm³/mol. The van der Waals surface area contributed by atoms with E-state index in [0.29, 0.717) is 29.4 Å². The van der Waals surface area contributed by atoms with Crippen LogP contribution >= 0.6 is 11.6 Å². The average Bonchev–Trinajstić information content (AvgIpc) is 2.67. The Morgan fingerprint density at radius 3 is 2.24 bits per heavy atom.